The van der Waals surface area contributed by atoms with Crippen LogP contribution in [-0.2, 0) is 20.9 Å². The van der Waals surface area contributed by atoms with E-state index >= 15 is 0 Å². The van der Waals surface area contributed by atoms with E-state index in [2.05, 4.69) is 5.32 Å². The van der Waals surface area contributed by atoms with E-state index in [-0.39, 0.29) is 11.7 Å². The molecule has 1 amide bonds. The largest absolute Gasteiger partial charge is 0.508 e. The number of aromatic hydroxyl groups is 1. The molecule has 1 aromatic carbocycles. The van der Waals surface area contributed by atoms with Gasteiger partial charge < -0.3 is 20.3 Å². The van der Waals surface area contributed by atoms with Gasteiger partial charge in [-0.25, -0.2) is 4.79 Å². The first kappa shape index (κ1) is 13.4. The highest BCUT2D eigenvalue weighted by Gasteiger charge is 2.34. The summed E-state index contributed by atoms with van der Waals surface area (Å²) in [7, 11) is 0. The van der Waals surface area contributed by atoms with Gasteiger partial charge in [0.1, 0.15) is 11.9 Å². The van der Waals surface area contributed by atoms with E-state index in [0.717, 1.165) is 5.56 Å². The quantitative estimate of drug-likeness (QED) is 0.742. The van der Waals surface area contributed by atoms with Gasteiger partial charge in [0.2, 0.25) is 5.91 Å². The Kier molecular flexibility index (Phi) is 4.01. The molecule has 0 spiro atoms. The van der Waals surface area contributed by atoms with E-state index < -0.39 is 18.2 Å². The normalized spacial score (nSPS) is 22.1. The molecule has 2 rings (SSSR count). The van der Waals surface area contributed by atoms with Crippen LogP contribution in [0.4, 0.5) is 0 Å². The average Bonchev–Trinajstić information content (AvgIpc) is 2.87. The molecule has 1 aliphatic heterocycles. The lowest BCUT2D eigenvalue weighted by Crippen LogP contribution is -2.35. The van der Waals surface area contributed by atoms with Crippen LogP contribution in [0.25, 0.3) is 0 Å². The summed E-state index contributed by atoms with van der Waals surface area (Å²) in [6.07, 6.45) is -0.812. The van der Waals surface area contributed by atoms with Crippen molar-refractivity contribution in [2.24, 2.45) is 0 Å². The lowest BCUT2D eigenvalue weighted by molar-refractivity contribution is -0.151. The summed E-state index contributed by atoms with van der Waals surface area (Å²) >= 11 is 0. The van der Waals surface area contributed by atoms with Crippen LogP contribution in [-0.4, -0.2) is 34.3 Å². The van der Waals surface area contributed by atoms with E-state index in [4.69, 9.17) is 14.9 Å². The first-order chi connectivity index (χ1) is 9.06. The van der Waals surface area contributed by atoms with Crippen molar-refractivity contribution in [2.75, 3.05) is 0 Å². The third kappa shape index (κ3) is 3.45. The fourth-order valence-electron chi connectivity index (χ4n) is 1.93. The summed E-state index contributed by atoms with van der Waals surface area (Å²) in [6.45, 7) is 0.316. The Hall–Kier alpha value is -2.08. The zero-order chi connectivity index (χ0) is 13.8. The average molecular weight is 265 g/mol. The van der Waals surface area contributed by atoms with Gasteiger partial charge in [-0.1, -0.05) is 12.1 Å². The minimum Gasteiger partial charge on any atom is -0.508 e. The van der Waals surface area contributed by atoms with Gasteiger partial charge in [-0.3, -0.25) is 4.79 Å². The van der Waals surface area contributed by atoms with E-state index in [1.807, 2.05) is 0 Å². The number of aliphatic carboxylic acids is 1. The highest BCUT2D eigenvalue weighted by molar-refractivity contribution is 5.82. The minimum atomic E-state index is -1.03. The molecule has 6 nitrogen and oxygen atoms in total. The van der Waals surface area contributed by atoms with Crippen LogP contribution in [0.3, 0.4) is 0 Å². The number of rotatable bonds is 4. The molecular formula is C13H15NO5. The second-order valence-electron chi connectivity index (χ2n) is 4.41. The topological polar surface area (TPSA) is 95.9 Å². The number of carboxylic acids is 1. The van der Waals surface area contributed by atoms with Gasteiger partial charge >= 0.3 is 5.97 Å². The standard InChI is InChI=1S/C13H15NO5/c15-9-3-1-8(2-4-9)7-14-12(16)10-5-6-11(19-10)13(17)18/h1-4,10-11,15H,5-7H2,(H,14,16)(H,17,18). The number of phenolic OH excluding ortho intramolecular Hbond substituents is 1. The van der Waals surface area contributed by atoms with Crippen molar-refractivity contribution in [3.05, 3.63) is 29.8 Å². The Morgan fingerprint density at radius 1 is 1.21 bits per heavy atom. The Labute approximate surface area is 110 Å². The number of ether oxygens (including phenoxy) is 1. The van der Waals surface area contributed by atoms with Crippen LogP contribution in [0, 0.1) is 0 Å². The fourth-order valence-corrected chi connectivity index (χ4v) is 1.93. The number of carbonyl (C=O) groups excluding carboxylic acids is 1. The van der Waals surface area contributed by atoms with Crippen LogP contribution in [0.15, 0.2) is 24.3 Å². The zero-order valence-corrected chi connectivity index (χ0v) is 10.2. The third-order valence-electron chi connectivity index (χ3n) is 2.99. The number of carbonyl (C=O) groups is 2. The van der Waals surface area contributed by atoms with Crippen LogP contribution in [0.5, 0.6) is 5.75 Å². The van der Waals surface area contributed by atoms with Crippen molar-refractivity contribution in [3.8, 4) is 5.75 Å². The maximum absolute atomic E-state index is 11.8. The number of hydrogen-bond donors (Lipinski definition) is 3. The van der Waals surface area contributed by atoms with Gasteiger partial charge in [0.05, 0.1) is 0 Å². The zero-order valence-electron chi connectivity index (χ0n) is 10.2. The fraction of sp³-hybridized carbons (Fsp3) is 0.385. The molecule has 6 heteroatoms. The molecular weight excluding hydrogens is 250 g/mol. The van der Waals surface area contributed by atoms with Gasteiger partial charge in [-0.15, -0.1) is 0 Å². The molecule has 0 saturated carbocycles. The van der Waals surface area contributed by atoms with E-state index in [1.54, 1.807) is 12.1 Å². The molecule has 1 saturated heterocycles. The van der Waals surface area contributed by atoms with Gasteiger partial charge in [0, 0.05) is 6.54 Å². The first-order valence-corrected chi connectivity index (χ1v) is 6.00. The second kappa shape index (κ2) is 5.71. The van der Waals surface area contributed by atoms with Gasteiger partial charge in [0.15, 0.2) is 6.10 Å². The summed E-state index contributed by atoms with van der Waals surface area (Å²) in [4.78, 5) is 22.5. The Balaban J connectivity index is 1.82. The number of phenols is 1. The Bertz CT molecular complexity index is 470. The Morgan fingerprint density at radius 3 is 2.42 bits per heavy atom. The highest BCUT2D eigenvalue weighted by atomic mass is 16.5. The smallest absolute Gasteiger partial charge is 0.332 e. The van der Waals surface area contributed by atoms with Gasteiger partial charge in [-0.2, -0.15) is 0 Å². The highest BCUT2D eigenvalue weighted by Crippen LogP contribution is 2.20. The molecule has 0 radical (unpaired) electrons. The monoisotopic (exact) mass is 265 g/mol. The summed E-state index contributed by atoms with van der Waals surface area (Å²) in [6, 6.07) is 6.47. The van der Waals surface area contributed by atoms with Crippen molar-refractivity contribution in [1.82, 2.24) is 5.32 Å². The van der Waals surface area contributed by atoms with Crippen molar-refractivity contribution in [3.63, 3.8) is 0 Å². The van der Waals surface area contributed by atoms with E-state index in [1.165, 1.54) is 12.1 Å². The van der Waals surface area contributed by atoms with Crippen LogP contribution in [0.1, 0.15) is 18.4 Å². The molecule has 2 unspecified atom stereocenters. The van der Waals surface area contributed by atoms with Crippen LogP contribution >= 0.6 is 0 Å². The van der Waals surface area contributed by atoms with Crippen molar-refractivity contribution >= 4 is 11.9 Å². The predicted molar refractivity (Wildman–Crippen MR) is 65.5 cm³/mol. The molecule has 19 heavy (non-hydrogen) atoms. The number of benzene rings is 1. The molecule has 102 valence electrons. The van der Waals surface area contributed by atoms with Crippen LogP contribution < -0.4 is 5.32 Å². The molecule has 1 heterocycles. The lowest BCUT2D eigenvalue weighted by atomic mass is 10.2. The third-order valence-corrected chi connectivity index (χ3v) is 2.99. The molecule has 1 aromatic rings. The van der Waals surface area contributed by atoms with Crippen molar-refractivity contribution < 1.29 is 24.5 Å². The summed E-state index contributed by atoms with van der Waals surface area (Å²) in [5, 5.41) is 20.6. The van der Waals surface area contributed by atoms with Crippen molar-refractivity contribution in [1.29, 1.82) is 0 Å². The number of nitrogens with one attached hydrogen (secondary N) is 1. The molecule has 0 aliphatic carbocycles. The van der Waals surface area contributed by atoms with Gasteiger partial charge in [0.25, 0.3) is 0 Å². The second-order valence-corrected chi connectivity index (χ2v) is 4.41. The molecule has 1 aliphatic rings. The number of amides is 1. The van der Waals surface area contributed by atoms with Gasteiger partial charge in [-0.05, 0) is 30.5 Å². The molecule has 1 fully saturated rings. The number of hydrogen-bond acceptors (Lipinski definition) is 4. The number of carboxylic acid groups (broad SMARTS) is 1. The van der Waals surface area contributed by atoms with E-state index in [0.29, 0.717) is 19.4 Å². The van der Waals surface area contributed by atoms with E-state index in [9.17, 15) is 9.59 Å². The lowest BCUT2D eigenvalue weighted by Gasteiger charge is -2.11. The molecule has 0 bridgehead atoms. The molecule has 2 atom stereocenters. The van der Waals surface area contributed by atoms with Crippen molar-refractivity contribution in [2.45, 2.75) is 31.6 Å². The van der Waals surface area contributed by atoms with Crippen LogP contribution in [0.2, 0.25) is 0 Å². The molecule has 0 aromatic heterocycles. The predicted octanol–water partition coefficient (Wildman–Crippen LogP) is 0.641. The summed E-state index contributed by atoms with van der Waals surface area (Å²) < 4.78 is 5.14. The first-order valence-electron chi connectivity index (χ1n) is 6.00. The minimum absolute atomic E-state index is 0.165. The molecule has 3 N–H and O–H groups in total. The summed E-state index contributed by atoms with van der Waals surface area (Å²) in [5.74, 6) is -1.18. The maximum Gasteiger partial charge on any atom is 0.332 e. The Morgan fingerprint density at radius 2 is 1.84 bits per heavy atom. The SMILES string of the molecule is O=C(O)C1CCC(C(=O)NCc2ccc(O)cc2)O1. The maximum atomic E-state index is 11.8. The summed E-state index contributed by atoms with van der Waals surface area (Å²) in [5.41, 5.74) is 0.846.